The lowest BCUT2D eigenvalue weighted by molar-refractivity contribution is 0.0762. The third-order valence-electron chi connectivity index (χ3n) is 4.78. The van der Waals surface area contributed by atoms with Crippen LogP contribution in [0.25, 0.3) is 0 Å². The number of nitrogens with zero attached hydrogens (tertiary/aromatic N) is 4. The molecule has 0 spiro atoms. The lowest BCUT2D eigenvalue weighted by Gasteiger charge is -2.35. The van der Waals surface area contributed by atoms with Crippen LogP contribution in [0, 0.1) is 24.7 Å². The van der Waals surface area contributed by atoms with Crippen LogP contribution in [0.5, 0.6) is 0 Å². The molecule has 1 amide bonds. The third kappa shape index (κ3) is 3.16. The molecule has 136 valence electrons. The third-order valence-corrected chi connectivity index (χ3v) is 6.66. The van der Waals surface area contributed by atoms with Crippen LogP contribution in [0.1, 0.15) is 49.7 Å². The van der Waals surface area contributed by atoms with Crippen molar-refractivity contribution in [2.75, 3.05) is 19.6 Å². The summed E-state index contributed by atoms with van der Waals surface area (Å²) in [6.45, 7) is 5.16. The van der Waals surface area contributed by atoms with Gasteiger partial charge in [0.2, 0.25) is 0 Å². The number of nitrogens with one attached hydrogen (secondary N) is 2. The van der Waals surface area contributed by atoms with Gasteiger partial charge < -0.3 is 9.80 Å². The number of amidine groups is 2. The van der Waals surface area contributed by atoms with Gasteiger partial charge in [0.1, 0.15) is 11.7 Å². The summed E-state index contributed by atoms with van der Waals surface area (Å²) < 4.78 is 4.34. The van der Waals surface area contributed by atoms with Gasteiger partial charge in [-0.3, -0.25) is 15.6 Å². The van der Waals surface area contributed by atoms with Gasteiger partial charge in [0, 0.05) is 23.9 Å². The molecule has 3 heterocycles. The second kappa shape index (κ2) is 6.55. The van der Waals surface area contributed by atoms with Gasteiger partial charge in [0.05, 0.1) is 11.4 Å². The van der Waals surface area contributed by atoms with E-state index in [0.717, 1.165) is 34.0 Å². The van der Waals surface area contributed by atoms with Crippen LogP contribution >= 0.6 is 22.9 Å². The molecule has 0 radical (unpaired) electrons. The van der Waals surface area contributed by atoms with E-state index in [9.17, 15) is 4.79 Å². The van der Waals surface area contributed by atoms with Crippen molar-refractivity contribution in [2.45, 2.75) is 32.6 Å². The van der Waals surface area contributed by atoms with Crippen LogP contribution in [-0.4, -0.2) is 56.4 Å². The Labute approximate surface area is 159 Å². The van der Waals surface area contributed by atoms with Gasteiger partial charge in [-0.2, -0.15) is 4.37 Å². The minimum absolute atomic E-state index is 0.0333. The van der Waals surface area contributed by atoms with E-state index >= 15 is 0 Å². The molecule has 0 bridgehead atoms. The summed E-state index contributed by atoms with van der Waals surface area (Å²) in [6.07, 6.45) is 2.25. The van der Waals surface area contributed by atoms with Gasteiger partial charge in [-0.05, 0) is 49.9 Å². The van der Waals surface area contributed by atoms with Crippen molar-refractivity contribution >= 4 is 40.4 Å². The molecule has 2 aromatic heterocycles. The number of rotatable bonds is 3. The smallest absolute Gasteiger partial charge is 0.264 e. The average Bonchev–Trinajstić information content (AvgIpc) is 3.26. The van der Waals surface area contributed by atoms with Crippen LogP contribution < -0.4 is 0 Å². The highest BCUT2D eigenvalue weighted by Gasteiger charge is 2.32. The summed E-state index contributed by atoms with van der Waals surface area (Å²) in [4.78, 5) is 22.3. The number of amides is 1. The van der Waals surface area contributed by atoms with E-state index < -0.39 is 0 Å². The van der Waals surface area contributed by atoms with Crippen molar-refractivity contribution in [3.8, 4) is 0 Å². The summed E-state index contributed by atoms with van der Waals surface area (Å²) >= 11 is 2.73. The highest BCUT2D eigenvalue weighted by atomic mass is 32.1. The number of thiophene rings is 1. The van der Waals surface area contributed by atoms with Crippen molar-refractivity contribution in [3.05, 3.63) is 32.2 Å². The van der Waals surface area contributed by atoms with Gasteiger partial charge in [-0.1, -0.05) is 0 Å². The lowest BCUT2D eigenvalue weighted by Crippen LogP contribution is -2.53. The highest BCUT2D eigenvalue weighted by Crippen LogP contribution is 2.38. The standard InChI is InChI=1S/C17H20N6OS2/c1-9-7-12(25-10(9)2)17(24)22-5-6-23(13(18)8-22)14(19)16-20-15(21-26-16)11-3-4-11/h7,11,18-19H,3-6,8H2,1-2H3. The molecular weight excluding hydrogens is 368 g/mol. The fourth-order valence-electron chi connectivity index (χ4n) is 2.91. The van der Waals surface area contributed by atoms with E-state index in [0.29, 0.717) is 24.0 Å². The van der Waals surface area contributed by atoms with E-state index in [1.54, 1.807) is 9.80 Å². The van der Waals surface area contributed by atoms with Gasteiger partial charge >= 0.3 is 0 Å². The quantitative estimate of drug-likeness (QED) is 0.624. The predicted octanol–water partition coefficient (Wildman–Crippen LogP) is 2.85. The van der Waals surface area contributed by atoms with Crippen LogP contribution in [0.15, 0.2) is 6.07 Å². The maximum Gasteiger partial charge on any atom is 0.264 e. The van der Waals surface area contributed by atoms with Crippen LogP contribution in [0.2, 0.25) is 0 Å². The zero-order chi connectivity index (χ0) is 18.4. The SMILES string of the molecule is Cc1cc(C(=O)N2CCN(C(=N)c3nc(C4CC4)ns3)C(=N)C2)sc1C. The fourth-order valence-corrected chi connectivity index (χ4v) is 4.61. The van der Waals surface area contributed by atoms with E-state index in [1.807, 2.05) is 19.9 Å². The van der Waals surface area contributed by atoms with Crippen molar-refractivity contribution < 1.29 is 4.79 Å². The molecule has 2 fully saturated rings. The van der Waals surface area contributed by atoms with Gasteiger partial charge in [-0.25, -0.2) is 4.98 Å². The number of carbonyl (C=O) groups excluding carboxylic acids is 1. The summed E-state index contributed by atoms with van der Waals surface area (Å²) in [5, 5.41) is 17.3. The van der Waals surface area contributed by atoms with Crippen LogP contribution in [0.4, 0.5) is 0 Å². The molecule has 1 saturated carbocycles. The second-order valence-corrected chi connectivity index (χ2v) is 8.76. The van der Waals surface area contributed by atoms with Gasteiger partial charge in [-0.15, -0.1) is 11.3 Å². The zero-order valence-electron chi connectivity index (χ0n) is 14.7. The minimum Gasteiger partial charge on any atom is -0.329 e. The normalized spacial score (nSPS) is 17.7. The first-order chi connectivity index (χ1) is 12.4. The minimum atomic E-state index is -0.0333. The van der Waals surface area contributed by atoms with E-state index in [1.165, 1.54) is 22.9 Å². The summed E-state index contributed by atoms with van der Waals surface area (Å²) in [7, 11) is 0. The molecule has 4 rings (SSSR count). The molecule has 1 aliphatic heterocycles. The molecule has 1 aliphatic carbocycles. The number of aryl methyl sites for hydroxylation is 2. The molecule has 7 nitrogen and oxygen atoms in total. The van der Waals surface area contributed by atoms with Gasteiger partial charge in [0.15, 0.2) is 10.8 Å². The first-order valence-electron chi connectivity index (χ1n) is 8.58. The molecule has 2 aromatic rings. The summed E-state index contributed by atoms with van der Waals surface area (Å²) in [5.41, 5.74) is 1.12. The molecular formula is C17H20N6OS2. The average molecular weight is 389 g/mol. The maximum atomic E-state index is 12.7. The van der Waals surface area contributed by atoms with Crippen molar-refractivity contribution in [3.63, 3.8) is 0 Å². The number of aromatic nitrogens is 2. The van der Waals surface area contributed by atoms with Crippen LogP contribution in [-0.2, 0) is 0 Å². The Bertz CT molecular complexity index is 877. The molecule has 1 saturated heterocycles. The fraction of sp³-hybridized carbons (Fsp3) is 0.471. The summed E-state index contributed by atoms with van der Waals surface area (Å²) in [5.74, 6) is 1.73. The Hall–Kier alpha value is -2.13. The molecule has 2 aliphatic rings. The van der Waals surface area contributed by atoms with Crippen LogP contribution in [0.3, 0.4) is 0 Å². The Morgan fingerprint density at radius 1 is 1.31 bits per heavy atom. The maximum absolute atomic E-state index is 12.7. The molecule has 26 heavy (non-hydrogen) atoms. The highest BCUT2D eigenvalue weighted by molar-refractivity contribution is 7.14. The topological polar surface area (TPSA) is 97.0 Å². The van der Waals surface area contributed by atoms with E-state index in [4.69, 9.17) is 10.8 Å². The van der Waals surface area contributed by atoms with Crippen molar-refractivity contribution in [1.82, 2.24) is 19.2 Å². The molecule has 0 aromatic carbocycles. The van der Waals surface area contributed by atoms with E-state index in [2.05, 4.69) is 9.36 Å². The second-order valence-electron chi connectivity index (χ2n) is 6.76. The van der Waals surface area contributed by atoms with E-state index in [-0.39, 0.29) is 24.1 Å². The molecule has 0 unspecified atom stereocenters. The number of carbonyl (C=O) groups is 1. The molecule has 9 heteroatoms. The molecule has 2 N–H and O–H groups in total. The monoisotopic (exact) mass is 388 g/mol. The van der Waals surface area contributed by atoms with Gasteiger partial charge in [0.25, 0.3) is 5.91 Å². The Morgan fingerprint density at radius 2 is 2.08 bits per heavy atom. The van der Waals surface area contributed by atoms with Crippen molar-refractivity contribution in [2.24, 2.45) is 0 Å². The Kier molecular flexibility index (Phi) is 4.36. The first kappa shape index (κ1) is 17.3. The largest absolute Gasteiger partial charge is 0.329 e. The number of hydrogen-bond acceptors (Lipinski definition) is 7. The Morgan fingerprint density at radius 3 is 2.69 bits per heavy atom. The Balaban J connectivity index is 1.43. The zero-order valence-corrected chi connectivity index (χ0v) is 16.3. The number of hydrogen-bond donors (Lipinski definition) is 2. The molecule has 0 atom stereocenters. The summed E-state index contributed by atoms with van der Waals surface area (Å²) in [6, 6.07) is 1.92. The lowest BCUT2D eigenvalue weighted by atomic mass is 10.2. The predicted molar refractivity (Wildman–Crippen MR) is 103 cm³/mol. The first-order valence-corrected chi connectivity index (χ1v) is 10.2. The van der Waals surface area contributed by atoms with Crippen molar-refractivity contribution in [1.29, 1.82) is 10.8 Å². The number of piperazine rings is 1.